The maximum atomic E-state index is 12.2. The molecule has 0 aliphatic carbocycles. The van der Waals surface area contributed by atoms with Gasteiger partial charge in [-0.3, -0.25) is 4.79 Å². The Bertz CT molecular complexity index is 441. The molecule has 2 rings (SSSR count). The Hall–Kier alpha value is -1.49. The SMILES string of the molecule is CCc1nnc(C)cc1C(=O)NCC1CCCCN1. The summed E-state index contributed by atoms with van der Waals surface area (Å²) in [5, 5.41) is 14.5. The van der Waals surface area contributed by atoms with E-state index in [-0.39, 0.29) is 5.91 Å². The highest BCUT2D eigenvalue weighted by atomic mass is 16.1. The van der Waals surface area contributed by atoms with Crippen LogP contribution in [0.4, 0.5) is 0 Å². The first-order chi connectivity index (χ1) is 9.20. The summed E-state index contributed by atoms with van der Waals surface area (Å²) >= 11 is 0. The minimum Gasteiger partial charge on any atom is -0.350 e. The van der Waals surface area contributed by atoms with Gasteiger partial charge in [-0.1, -0.05) is 13.3 Å². The summed E-state index contributed by atoms with van der Waals surface area (Å²) in [5.41, 5.74) is 2.20. The van der Waals surface area contributed by atoms with Crippen LogP contribution in [0.25, 0.3) is 0 Å². The van der Waals surface area contributed by atoms with Crippen LogP contribution >= 0.6 is 0 Å². The molecule has 1 saturated heterocycles. The van der Waals surface area contributed by atoms with Gasteiger partial charge in [-0.25, -0.2) is 0 Å². The second-order valence-electron chi connectivity index (χ2n) is 5.06. The summed E-state index contributed by atoms with van der Waals surface area (Å²) < 4.78 is 0. The van der Waals surface area contributed by atoms with Gasteiger partial charge in [-0.05, 0) is 38.8 Å². The third kappa shape index (κ3) is 3.73. The van der Waals surface area contributed by atoms with Crippen molar-refractivity contribution >= 4 is 5.91 Å². The van der Waals surface area contributed by atoms with E-state index in [0.717, 1.165) is 30.8 Å². The molecule has 1 aliphatic rings. The minimum atomic E-state index is -0.0396. The van der Waals surface area contributed by atoms with Gasteiger partial charge in [0.05, 0.1) is 17.0 Å². The number of piperidine rings is 1. The van der Waals surface area contributed by atoms with Crippen molar-refractivity contribution in [2.24, 2.45) is 0 Å². The first-order valence-corrected chi connectivity index (χ1v) is 7.05. The molecule has 5 heteroatoms. The van der Waals surface area contributed by atoms with Gasteiger partial charge in [0.15, 0.2) is 0 Å². The summed E-state index contributed by atoms with van der Waals surface area (Å²) in [6.07, 6.45) is 4.33. The molecule has 2 N–H and O–H groups in total. The van der Waals surface area contributed by atoms with Gasteiger partial charge in [0.2, 0.25) is 0 Å². The second kappa shape index (κ2) is 6.61. The molecule has 104 valence electrons. The van der Waals surface area contributed by atoms with E-state index >= 15 is 0 Å². The smallest absolute Gasteiger partial charge is 0.253 e. The van der Waals surface area contributed by atoms with Gasteiger partial charge < -0.3 is 10.6 Å². The van der Waals surface area contributed by atoms with E-state index in [2.05, 4.69) is 20.8 Å². The van der Waals surface area contributed by atoms with Crippen molar-refractivity contribution < 1.29 is 4.79 Å². The molecule has 0 spiro atoms. The Morgan fingerprint density at radius 2 is 2.32 bits per heavy atom. The normalized spacial score (nSPS) is 19.2. The molecule has 19 heavy (non-hydrogen) atoms. The minimum absolute atomic E-state index is 0.0396. The predicted octanol–water partition coefficient (Wildman–Crippen LogP) is 1.22. The quantitative estimate of drug-likeness (QED) is 0.856. The largest absolute Gasteiger partial charge is 0.350 e. The zero-order valence-corrected chi connectivity index (χ0v) is 11.7. The van der Waals surface area contributed by atoms with Crippen LogP contribution in [0.2, 0.25) is 0 Å². The molecule has 1 amide bonds. The molecule has 0 aromatic carbocycles. The molecule has 5 nitrogen and oxygen atoms in total. The van der Waals surface area contributed by atoms with Gasteiger partial charge in [-0.2, -0.15) is 10.2 Å². The summed E-state index contributed by atoms with van der Waals surface area (Å²) in [5.74, 6) is -0.0396. The van der Waals surface area contributed by atoms with Crippen LogP contribution in [0.5, 0.6) is 0 Å². The lowest BCUT2D eigenvalue weighted by Gasteiger charge is -2.23. The number of hydrogen-bond acceptors (Lipinski definition) is 4. The molecule has 1 atom stereocenters. The number of nitrogens with zero attached hydrogens (tertiary/aromatic N) is 2. The highest BCUT2D eigenvalue weighted by Gasteiger charge is 2.16. The van der Waals surface area contributed by atoms with Gasteiger partial charge in [0.1, 0.15) is 0 Å². The number of nitrogens with one attached hydrogen (secondary N) is 2. The van der Waals surface area contributed by atoms with Crippen LogP contribution in [0.1, 0.15) is 47.9 Å². The van der Waals surface area contributed by atoms with Crippen LogP contribution in [-0.2, 0) is 6.42 Å². The fourth-order valence-electron chi connectivity index (χ4n) is 2.38. The molecule has 1 aromatic rings. The Balaban J connectivity index is 1.97. The molecule has 1 unspecified atom stereocenters. The van der Waals surface area contributed by atoms with Crippen LogP contribution in [0, 0.1) is 6.92 Å². The Labute approximate surface area is 114 Å². The summed E-state index contributed by atoms with van der Waals surface area (Å²) in [7, 11) is 0. The van der Waals surface area contributed by atoms with Crippen molar-refractivity contribution in [3.63, 3.8) is 0 Å². The average Bonchev–Trinajstić information content (AvgIpc) is 2.46. The fourth-order valence-corrected chi connectivity index (χ4v) is 2.38. The molecule has 2 heterocycles. The zero-order chi connectivity index (χ0) is 13.7. The molecule has 1 aromatic heterocycles. The van der Waals surface area contributed by atoms with Crippen molar-refractivity contribution in [3.8, 4) is 0 Å². The number of carbonyl (C=O) groups excluding carboxylic acids is 1. The second-order valence-corrected chi connectivity index (χ2v) is 5.06. The van der Waals surface area contributed by atoms with Gasteiger partial charge >= 0.3 is 0 Å². The predicted molar refractivity (Wildman–Crippen MR) is 74.1 cm³/mol. The van der Waals surface area contributed by atoms with Gasteiger partial charge in [0.25, 0.3) is 5.91 Å². The average molecular weight is 262 g/mol. The summed E-state index contributed by atoms with van der Waals surface area (Å²) in [6, 6.07) is 2.22. The van der Waals surface area contributed by atoms with E-state index < -0.39 is 0 Å². The zero-order valence-electron chi connectivity index (χ0n) is 11.7. The van der Waals surface area contributed by atoms with Crippen molar-refractivity contribution in [1.82, 2.24) is 20.8 Å². The lowest BCUT2D eigenvalue weighted by molar-refractivity contribution is 0.0946. The van der Waals surface area contributed by atoms with E-state index in [0.29, 0.717) is 18.2 Å². The topological polar surface area (TPSA) is 66.9 Å². The van der Waals surface area contributed by atoms with Crippen molar-refractivity contribution in [2.45, 2.75) is 45.6 Å². The van der Waals surface area contributed by atoms with E-state index in [1.807, 2.05) is 19.9 Å². The lowest BCUT2D eigenvalue weighted by Crippen LogP contribution is -2.43. The van der Waals surface area contributed by atoms with Crippen LogP contribution in [0.3, 0.4) is 0 Å². The van der Waals surface area contributed by atoms with E-state index in [9.17, 15) is 4.79 Å². The molecule has 0 saturated carbocycles. The van der Waals surface area contributed by atoms with Gasteiger partial charge in [-0.15, -0.1) is 0 Å². The molecular formula is C14H22N4O. The van der Waals surface area contributed by atoms with Crippen molar-refractivity contribution in [3.05, 3.63) is 23.0 Å². The first kappa shape index (κ1) is 13.9. The number of amides is 1. The highest BCUT2D eigenvalue weighted by Crippen LogP contribution is 2.09. The summed E-state index contributed by atoms with van der Waals surface area (Å²) in [4.78, 5) is 12.2. The Morgan fingerprint density at radius 1 is 1.47 bits per heavy atom. The van der Waals surface area contributed by atoms with E-state index in [1.165, 1.54) is 12.8 Å². The third-order valence-electron chi connectivity index (χ3n) is 3.49. The third-order valence-corrected chi connectivity index (χ3v) is 3.49. The highest BCUT2D eigenvalue weighted by molar-refractivity contribution is 5.95. The van der Waals surface area contributed by atoms with Crippen LogP contribution in [0.15, 0.2) is 6.07 Å². The van der Waals surface area contributed by atoms with Crippen LogP contribution in [-0.4, -0.2) is 35.2 Å². The van der Waals surface area contributed by atoms with E-state index in [4.69, 9.17) is 0 Å². The fraction of sp³-hybridized carbons (Fsp3) is 0.643. The molecular weight excluding hydrogens is 240 g/mol. The van der Waals surface area contributed by atoms with Crippen LogP contribution < -0.4 is 10.6 Å². The number of hydrogen-bond donors (Lipinski definition) is 2. The Kier molecular flexibility index (Phi) is 4.85. The maximum Gasteiger partial charge on any atom is 0.253 e. The monoisotopic (exact) mass is 262 g/mol. The summed E-state index contributed by atoms with van der Waals surface area (Å²) in [6.45, 7) is 5.57. The maximum absolute atomic E-state index is 12.2. The van der Waals surface area contributed by atoms with Crippen molar-refractivity contribution in [1.29, 1.82) is 0 Å². The molecule has 0 bridgehead atoms. The first-order valence-electron chi connectivity index (χ1n) is 7.05. The Morgan fingerprint density at radius 3 is 3.00 bits per heavy atom. The van der Waals surface area contributed by atoms with Crippen molar-refractivity contribution in [2.75, 3.05) is 13.1 Å². The number of aromatic nitrogens is 2. The number of carbonyl (C=O) groups is 1. The number of rotatable bonds is 4. The van der Waals surface area contributed by atoms with E-state index in [1.54, 1.807) is 0 Å². The van der Waals surface area contributed by atoms with Gasteiger partial charge in [0, 0.05) is 12.6 Å². The lowest BCUT2D eigenvalue weighted by atomic mass is 10.0. The molecule has 1 aliphatic heterocycles. The molecule has 0 radical (unpaired) electrons. The standard InChI is InChI=1S/C14H22N4O/c1-3-13-12(8-10(2)17-18-13)14(19)16-9-11-6-4-5-7-15-11/h8,11,15H,3-7,9H2,1-2H3,(H,16,19). The number of aryl methyl sites for hydroxylation is 2. The molecule has 1 fully saturated rings.